The number of aliphatic imine (C=N–C) groups is 1. The van der Waals surface area contributed by atoms with Crippen LogP contribution in [-0.2, 0) is 11.3 Å². The maximum absolute atomic E-state index is 11.6. The molecule has 1 aliphatic carbocycles. The maximum atomic E-state index is 11.6. The van der Waals surface area contributed by atoms with E-state index >= 15 is 0 Å². The molecule has 2 aromatic heterocycles. The van der Waals surface area contributed by atoms with E-state index < -0.39 is 0 Å². The van der Waals surface area contributed by atoms with Gasteiger partial charge in [-0.15, -0.1) is 10.2 Å². The lowest BCUT2D eigenvalue weighted by Crippen LogP contribution is -2.41. The molecule has 1 aliphatic rings. The van der Waals surface area contributed by atoms with Crippen molar-refractivity contribution < 1.29 is 4.79 Å². The van der Waals surface area contributed by atoms with Crippen LogP contribution in [0.2, 0.25) is 0 Å². The average molecular weight is 329 g/mol. The molecule has 1 saturated carbocycles. The molecule has 3 N–H and O–H groups in total. The van der Waals surface area contributed by atoms with Crippen molar-refractivity contribution in [1.29, 1.82) is 0 Å². The molecule has 24 heavy (non-hydrogen) atoms. The number of fused-ring (bicyclic) bond motifs is 1. The largest absolute Gasteiger partial charge is 0.357 e. The molecule has 0 spiro atoms. The van der Waals surface area contributed by atoms with Gasteiger partial charge in [0.1, 0.15) is 6.54 Å². The van der Waals surface area contributed by atoms with Gasteiger partial charge >= 0.3 is 0 Å². The minimum Gasteiger partial charge on any atom is -0.357 e. The number of hydrogen-bond acceptors (Lipinski definition) is 4. The van der Waals surface area contributed by atoms with Crippen LogP contribution in [0.15, 0.2) is 29.4 Å². The van der Waals surface area contributed by atoms with Crippen molar-refractivity contribution in [2.75, 3.05) is 19.6 Å². The molecule has 128 valence electrons. The summed E-state index contributed by atoms with van der Waals surface area (Å²) in [4.78, 5) is 16.1. The molecule has 1 fully saturated rings. The number of aromatic nitrogens is 3. The Balaban J connectivity index is 1.52. The minimum absolute atomic E-state index is 0.161. The second-order valence-corrected chi connectivity index (χ2v) is 5.73. The van der Waals surface area contributed by atoms with E-state index in [-0.39, 0.29) is 11.8 Å². The number of amides is 1. The van der Waals surface area contributed by atoms with Crippen LogP contribution in [0.25, 0.3) is 5.65 Å². The lowest BCUT2D eigenvalue weighted by molar-refractivity contribution is -0.122. The Morgan fingerprint density at radius 1 is 1.25 bits per heavy atom. The van der Waals surface area contributed by atoms with Crippen LogP contribution in [0.3, 0.4) is 0 Å². The molecule has 0 aromatic carbocycles. The van der Waals surface area contributed by atoms with E-state index in [2.05, 4.69) is 31.1 Å². The summed E-state index contributed by atoms with van der Waals surface area (Å²) >= 11 is 0. The molecular weight excluding hydrogens is 306 g/mol. The summed E-state index contributed by atoms with van der Waals surface area (Å²) in [5.74, 6) is 1.89. The van der Waals surface area contributed by atoms with E-state index in [1.165, 1.54) is 0 Å². The highest BCUT2D eigenvalue weighted by molar-refractivity contribution is 5.81. The zero-order chi connectivity index (χ0) is 16.8. The van der Waals surface area contributed by atoms with Gasteiger partial charge in [0.15, 0.2) is 17.4 Å². The van der Waals surface area contributed by atoms with Gasteiger partial charge in [0.05, 0.1) is 0 Å². The summed E-state index contributed by atoms with van der Waals surface area (Å²) in [6.07, 6.45) is 3.97. The average Bonchev–Trinajstić information content (AvgIpc) is 3.37. The van der Waals surface area contributed by atoms with Gasteiger partial charge in [-0.2, -0.15) is 0 Å². The standard InChI is InChI=1S/C16H23N7O/c1-2-17-16(19-9-8-18-15(24)12-6-7-12)20-11-14-22-21-13-5-3-4-10-23(13)14/h3-5,10,12H,2,6-9,11H2,1H3,(H,18,24)(H2,17,19,20). The van der Waals surface area contributed by atoms with Gasteiger partial charge < -0.3 is 16.0 Å². The third kappa shape index (κ3) is 4.21. The van der Waals surface area contributed by atoms with Crippen molar-refractivity contribution in [3.05, 3.63) is 30.2 Å². The fourth-order valence-corrected chi connectivity index (χ4v) is 2.35. The zero-order valence-electron chi connectivity index (χ0n) is 13.8. The molecule has 1 amide bonds. The molecule has 0 bridgehead atoms. The van der Waals surface area contributed by atoms with Crippen molar-refractivity contribution in [2.24, 2.45) is 10.9 Å². The first-order chi connectivity index (χ1) is 11.8. The van der Waals surface area contributed by atoms with Gasteiger partial charge in [-0.05, 0) is 31.9 Å². The lowest BCUT2D eigenvalue weighted by atomic mass is 10.4. The number of carbonyl (C=O) groups excluding carboxylic acids is 1. The van der Waals surface area contributed by atoms with Crippen LogP contribution in [0.5, 0.6) is 0 Å². The third-order valence-electron chi connectivity index (χ3n) is 3.77. The number of hydrogen-bond donors (Lipinski definition) is 3. The molecule has 8 nitrogen and oxygen atoms in total. The molecule has 0 radical (unpaired) electrons. The summed E-state index contributed by atoms with van der Waals surface area (Å²) in [5, 5.41) is 17.6. The number of carbonyl (C=O) groups is 1. The van der Waals surface area contributed by atoms with E-state index in [9.17, 15) is 4.79 Å². The SMILES string of the molecule is CCNC(=NCc1nnc2ccccn12)NCCNC(=O)C1CC1. The molecule has 3 rings (SSSR count). The second kappa shape index (κ2) is 7.76. The van der Waals surface area contributed by atoms with Crippen LogP contribution in [0.1, 0.15) is 25.6 Å². The van der Waals surface area contributed by atoms with Crippen LogP contribution >= 0.6 is 0 Å². The molecule has 0 unspecified atom stereocenters. The molecule has 0 saturated heterocycles. The fraction of sp³-hybridized carbons (Fsp3) is 0.500. The van der Waals surface area contributed by atoms with Crippen LogP contribution < -0.4 is 16.0 Å². The third-order valence-corrected chi connectivity index (χ3v) is 3.77. The maximum Gasteiger partial charge on any atom is 0.223 e. The number of guanidine groups is 1. The highest BCUT2D eigenvalue weighted by atomic mass is 16.2. The van der Waals surface area contributed by atoms with E-state index in [1.54, 1.807) is 0 Å². The number of pyridine rings is 1. The highest BCUT2D eigenvalue weighted by Gasteiger charge is 2.28. The second-order valence-electron chi connectivity index (χ2n) is 5.73. The Bertz CT molecular complexity index is 720. The Labute approximate surface area is 140 Å². The van der Waals surface area contributed by atoms with Gasteiger partial charge in [-0.25, -0.2) is 4.99 Å². The van der Waals surface area contributed by atoms with E-state index in [0.29, 0.717) is 25.6 Å². The first-order valence-corrected chi connectivity index (χ1v) is 8.36. The van der Waals surface area contributed by atoms with Crippen molar-refractivity contribution in [3.63, 3.8) is 0 Å². The first kappa shape index (κ1) is 16.2. The monoisotopic (exact) mass is 329 g/mol. The molecular formula is C16H23N7O. The van der Waals surface area contributed by atoms with Gasteiger partial charge in [0.2, 0.25) is 5.91 Å². The Morgan fingerprint density at radius 3 is 2.88 bits per heavy atom. The van der Waals surface area contributed by atoms with Crippen LogP contribution in [0.4, 0.5) is 0 Å². The Hall–Kier alpha value is -2.64. The summed E-state index contributed by atoms with van der Waals surface area (Å²) in [5.41, 5.74) is 0.809. The van der Waals surface area contributed by atoms with Gasteiger partial charge in [0.25, 0.3) is 0 Å². The first-order valence-electron chi connectivity index (χ1n) is 8.36. The lowest BCUT2D eigenvalue weighted by Gasteiger charge is -2.11. The van der Waals surface area contributed by atoms with Crippen molar-refractivity contribution >= 4 is 17.5 Å². The van der Waals surface area contributed by atoms with Crippen molar-refractivity contribution in [1.82, 2.24) is 30.5 Å². The quantitative estimate of drug-likeness (QED) is 0.386. The summed E-state index contributed by atoms with van der Waals surface area (Å²) in [6, 6.07) is 5.78. The number of nitrogens with zero attached hydrogens (tertiary/aromatic N) is 4. The van der Waals surface area contributed by atoms with Gasteiger partial charge in [0, 0.05) is 31.7 Å². The van der Waals surface area contributed by atoms with E-state index in [1.807, 2.05) is 35.7 Å². The van der Waals surface area contributed by atoms with Crippen molar-refractivity contribution in [3.8, 4) is 0 Å². The predicted molar refractivity (Wildman–Crippen MR) is 91.5 cm³/mol. The van der Waals surface area contributed by atoms with Crippen LogP contribution in [-0.4, -0.2) is 46.1 Å². The summed E-state index contributed by atoms with van der Waals surface area (Å²) in [7, 11) is 0. The summed E-state index contributed by atoms with van der Waals surface area (Å²) in [6.45, 7) is 4.42. The zero-order valence-corrected chi connectivity index (χ0v) is 13.8. The Kier molecular flexibility index (Phi) is 5.25. The number of nitrogens with one attached hydrogen (secondary N) is 3. The topological polar surface area (TPSA) is 95.7 Å². The van der Waals surface area contributed by atoms with E-state index in [0.717, 1.165) is 30.9 Å². The predicted octanol–water partition coefficient (Wildman–Crippen LogP) is 0.311. The normalized spacial score (nSPS) is 14.6. The van der Waals surface area contributed by atoms with Gasteiger partial charge in [-0.1, -0.05) is 6.07 Å². The summed E-state index contributed by atoms with van der Waals surface area (Å²) < 4.78 is 1.92. The Morgan fingerprint density at radius 2 is 2.08 bits per heavy atom. The van der Waals surface area contributed by atoms with Gasteiger partial charge in [-0.3, -0.25) is 9.20 Å². The number of rotatable bonds is 7. The van der Waals surface area contributed by atoms with Crippen molar-refractivity contribution in [2.45, 2.75) is 26.3 Å². The molecule has 0 atom stereocenters. The molecule has 0 aliphatic heterocycles. The minimum atomic E-state index is 0.161. The smallest absolute Gasteiger partial charge is 0.223 e. The van der Waals surface area contributed by atoms with E-state index in [4.69, 9.17) is 0 Å². The fourth-order valence-electron chi connectivity index (χ4n) is 2.35. The molecule has 2 aromatic rings. The molecule has 2 heterocycles. The highest BCUT2D eigenvalue weighted by Crippen LogP contribution is 2.28. The van der Waals surface area contributed by atoms with Crippen LogP contribution in [0, 0.1) is 5.92 Å². The molecule has 8 heteroatoms.